The Balaban J connectivity index is 1.79. The van der Waals surface area contributed by atoms with Crippen molar-refractivity contribution >= 4 is 11.8 Å². The maximum atomic E-state index is 12.5. The normalized spacial score (nSPS) is 12.0. The summed E-state index contributed by atoms with van der Waals surface area (Å²) in [6.07, 6.45) is 3.78. The first-order valence-corrected chi connectivity index (χ1v) is 9.07. The molecule has 1 heterocycles. The standard InChI is InChI=1S/C20H28N4O2/c1-14(2)19(23-18(25)12-16-8-5-4-6-9-16)20(26)21-11-7-10-17-13-22-24-15(17)3/h4-6,8-9,13-14,19H,7,10-12H2,1-3H3,(H,21,26)(H,22,24)(H,23,25). The Kier molecular flexibility index (Phi) is 7.38. The third-order valence-corrected chi connectivity index (χ3v) is 4.33. The van der Waals surface area contributed by atoms with Crippen molar-refractivity contribution < 1.29 is 9.59 Å². The second-order valence-electron chi connectivity index (χ2n) is 6.87. The first kappa shape index (κ1) is 19.7. The molecule has 0 fully saturated rings. The quantitative estimate of drug-likeness (QED) is 0.602. The fourth-order valence-electron chi connectivity index (χ4n) is 2.77. The molecule has 2 aromatic rings. The van der Waals surface area contributed by atoms with Crippen LogP contribution in [0.25, 0.3) is 0 Å². The molecule has 1 unspecified atom stereocenters. The predicted molar refractivity (Wildman–Crippen MR) is 102 cm³/mol. The maximum Gasteiger partial charge on any atom is 0.242 e. The van der Waals surface area contributed by atoms with Crippen molar-refractivity contribution in [1.29, 1.82) is 0 Å². The van der Waals surface area contributed by atoms with Crippen LogP contribution in [-0.2, 0) is 22.4 Å². The van der Waals surface area contributed by atoms with Crippen LogP contribution in [-0.4, -0.2) is 34.6 Å². The number of rotatable bonds is 9. The van der Waals surface area contributed by atoms with E-state index in [0.717, 1.165) is 29.7 Å². The highest BCUT2D eigenvalue weighted by molar-refractivity contribution is 5.88. The molecule has 26 heavy (non-hydrogen) atoms. The van der Waals surface area contributed by atoms with Crippen LogP contribution in [0.4, 0.5) is 0 Å². The van der Waals surface area contributed by atoms with E-state index in [-0.39, 0.29) is 24.2 Å². The van der Waals surface area contributed by atoms with Crippen LogP contribution in [0, 0.1) is 12.8 Å². The van der Waals surface area contributed by atoms with Gasteiger partial charge in [0.1, 0.15) is 6.04 Å². The number of amides is 2. The molecule has 3 N–H and O–H groups in total. The average molecular weight is 356 g/mol. The Morgan fingerprint density at radius 2 is 1.92 bits per heavy atom. The zero-order valence-electron chi connectivity index (χ0n) is 15.7. The van der Waals surface area contributed by atoms with Gasteiger partial charge in [-0.25, -0.2) is 0 Å². The third kappa shape index (κ3) is 6.02. The lowest BCUT2D eigenvalue weighted by atomic mass is 10.0. The van der Waals surface area contributed by atoms with E-state index < -0.39 is 6.04 Å². The van der Waals surface area contributed by atoms with Crippen LogP contribution < -0.4 is 10.6 Å². The minimum absolute atomic E-state index is 0.0193. The number of benzene rings is 1. The molecule has 6 nitrogen and oxygen atoms in total. The number of carbonyl (C=O) groups is 2. The fourth-order valence-corrected chi connectivity index (χ4v) is 2.77. The molecule has 0 radical (unpaired) electrons. The molecule has 1 atom stereocenters. The monoisotopic (exact) mass is 356 g/mol. The van der Waals surface area contributed by atoms with Gasteiger partial charge in [0.05, 0.1) is 12.6 Å². The highest BCUT2D eigenvalue weighted by atomic mass is 16.2. The second-order valence-corrected chi connectivity index (χ2v) is 6.87. The smallest absolute Gasteiger partial charge is 0.242 e. The molecule has 2 rings (SSSR count). The highest BCUT2D eigenvalue weighted by Crippen LogP contribution is 2.07. The largest absolute Gasteiger partial charge is 0.354 e. The van der Waals surface area contributed by atoms with Crippen molar-refractivity contribution in [2.24, 2.45) is 5.92 Å². The van der Waals surface area contributed by atoms with Crippen LogP contribution in [0.5, 0.6) is 0 Å². The van der Waals surface area contributed by atoms with Gasteiger partial charge in [0.2, 0.25) is 11.8 Å². The molecule has 0 aliphatic rings. The summed E-state index contributed by atoms with van der Waals surface area (Å²) >= 11 is 0. The van der Waals surface area contributed by atoms with Gasteiger partial charge in [-0.3, -0.25) is 14.7 Å². The van der Waals surface area contributed by atoms with E-state index in [0.29, 0.717) is 6.54 Å². The SMILES string of the molecule is Cc1[nH]ncc1CCCNC(=O)C(NC(=O)Cc1ccccc1)C(C)C. The van der Waals surface area contributed by atoms with Gasteiger partial charge in [-0.15, -0.1) is 0 Å². The lowest BCUT2D eigenvalue weighted by Crippen LogP contribution is -2.50. The number of nitrogens with one attached hydrogen (secondary N) is 3. The van der Waals surface area contributed by atoms with E-state index in [4.69, 9.17) is 0 Å². The maximum absolute atomic E-state index is 12.5. The molecule has 0 aliphatic heterocycles. The van der Waals surface area contributed by atoms with Gasteiger partial charge in [-0.1, -0.05) is 44.2 Å². The van der Waals surface area contributed by atoms with Crippen molar-refractivity contribution in [2.75, 3.05) is 6.54 Å². The number of nitrogens with zero attached hydrogens (tertiary/aromatic N) is 1. The number of hydrogen-bond acceptors (Lipinski definition) is 3. The van der Waals surface area contributed by atoms with E-state index in [1.807, 2.05) is 57.3 Å². The van der Waals surface area contributed by atoms with Crippen molar-refractivity contribution in [1.82, 2.24) is 20.8 Å². The Hall–Kier alpha value is -2.63. The topological polar surface area (TPSA) is 86.9 Å². The minimum Gasteiger partial charge on any atom is -0.354 e. The number of carbonyl (C=O) groups excluding carboxylic acids is 2. The van der Waals surface area contributed by atoms with Crippen LogP contribution >= 0.6 is 0 Å². The molecule has 140 valence electrons. The number of aromatic amines is 1. The molecular formula is C20H28N4O2. The highest BCUT2D eigenvalue weighted by Gasteiger charge is 2.23. The van der Waals surface area contributed by atoms with Gasteiger partial charge in [0.25, 0.3) is 0 Å². The van der Waals surface area contributed by atoms with E-state index >= 15 is 0 Å². The Morgan fingerprint density at radius 1 is 1.19 bits per heavy atom. The Bertz CT molecular complexity index is 710. The lowest BCUT2D eigenvalue weighted by Gasteiger charge is -2.21. The number of hydrogen-bond donors (Lipinski definition) is 3. The molecule has 6 heteroatoms. The Morgan fingerprint density at radius 3 is 2.54 bits per heavy atom. The lowest BCUT2D eigenvalue weighted by molar-refractivity contribution is -0.129. The summed E-state index contributed by atoms with van der Waals surface area (Å²) in [5.74, 6) is -0.254. The van der Waals surface area contributed by atoms with Gasteiger partial charge >= 0.3 is 0 Å². The van der Waals surface area contributed by atoms with E-state index in [1.165, 1.54) is 0 Å². The van der Waals surface area contributed by atoms with Crippen molar-refractivity contribution in [3.8, 4) is 0 Å². The number of aromatic nitrogens is 2. The Labute approximate surface area is 154 Å². The number of H-pyrrole nitrogens is 1. The summed E-state index contributed by atoms with van der Waals surface area (Å²) in [7, 11) is 0. The van der Waals surface area contributed by atoms with Crippen molar-refractivity contribution in [3.05, 3.63) is 53.3 Å². The second kappa shape index (κ2) is 9.75. The van der Waals surface area contributed by atoms with Crippen LogP contribution in [0.1, 0.15) is 37.1 Å². The summed E-state index contributed by atoms with van der Waals surface area (Å²) in [4.78, 5) is 24.7. The summed E-state index contributed by atoms with van der Waals surface area (Å²) < 4.78 is 0. The molecule has 2 amide bonds. The summed E-state index contributed by atoms with van der Waals surface area (Å²) in [6, 6.07) is 9.00. The average Bonchev–Trinajstić information content (AvgIpc) is 3.02. The molecular weight excluding hydrogens is 328 g/mol. The van der Waals surface area contributed by atoms with Gasteiger partial charge in [-0.2, -0.15) is 5.10 Å². The van der Waals surface area contributed by atoms with Gasteiger partial charge in [0.15, 0.2) is 0 Å². The third-order valence-electron chi connectivity index (χ3n) is 4.33. The molecule has 1 aromatic heterocycles. The molecule has 1 aromatic carbocycles. The van der Waals surface area contributed by atoms with Gasteiger partial charge in [-0.05, 0) is 36.8 Å². The van der Waals surface area contributed by atoms with Crippen LogP contribution in [0.3, 0.4) is 0 Å². The zero-order valence-corrected chi connectivity index (χ0v) is 15.7. The molecule has 0 saturated heterocycles. The van der Waals surface area contributed by atoms with Crippen molar-refractivity contribution in [3.63, 3.8) is 0 Å². The van der Waals surface area contributed by atoms with Crippen molar-refractivity contribution in [2.45, 2.75) is 46.1 Å². The van der Waals surface area contributed by atoms with Crippen LogP contribution in [0.15, 0.2) is 36.5 Å². The number of aryl methyl sites for hydroxylation is 2. The minimum atomic E-state index is -0.526. The summed E-state index contributed by atoms with van der Waals surface area (Å²) in [6.45, 7) is 6.42. The predicted octanol–water partition coefficient (Wildman–Crippen LogP) is 2.15. The molecule has 0 bridgehead atoms. The fraction of sp³-hybridized carbons (Fsp3) is 0.450. The molecule has 0 saturated carbocycles. The van der Waals surface area contributed by atoms with Gasteiger partial charge in [0, 0.05) is 12.2 Å². The molecule has 0 aliphatic carbocycles. The first-order valence-electron chi connectivity index (χ1n) is 9.07. The van der Waals surface area contributed by atoms with E-state index in [9.17, 15) is 9.59 Å². The molecule has 0 spiro atoms. The van der Waals surface area contributed by atoms with Crippen LogP contribution in [0.2, 0.25) is 0 Å². The summed E-state index contributed by atoms with van der Waals surface area (Å²) in [5, 5.41) is 12.7. The summed E-state index contributed by atoms with van der Waals surface area (Å²) in [5.41, 5.74) is 3.16. The van der Waals surface area contributed by atoms with Gasteiger partial charge < -0.3 is 10.6 Å². The van der Waals surface area contributed by atoms with E-state index in [2.05, 4.69) is 20.8 Å². The zero-order chi connectivity index (χ0) is 18.9. The first-order chi connectivity index (χ1) is 12.5. The van der Waals surface area contributed by atoms with E-state index in [1.54, 1.807) is 0 Å².